The Balaban J connectivity index is 4.38. The lowest BCUT2D eigenvalue weighted by atomic mass is 10.0. The van der Waals surface area contributed by atoms with Crippen LogP contribution in [0.5, 0.6) is 0 Å². The Bertz CT molecular complexity index is 1340. The van der Waals surface area contributed by atoms with Gasteiger partial charge in [-0.05, 0) is 89.9 Å². The number of unbranched alkanes of at least 4 members (excludes halogenated alkanes) is 33. The fourth-order valence-electron chi connectivity index (χ4n) is 8.82. The van der Waals surface area contributed by atoms with Crippen molar-refractivity contribution >= 4 is 17.9 Å². The third-order valence-electron chi connectivity index (χ3n) is 13.4. The van der Waals surface area contributed by atoms with E-state index in [-0.39, 0.29) is 31.1 Å². The zero-order chi connectivity index (χ0) is 52.2. The van der Waals surface area contributed by atoms with Gasteiger partial charge in [-0.1, -0.05) is 273 Å². The van der Waals surface area contributed by atoms with Gasteiger partial charge in [-0.2, -0.15) is 0 Å². The van der Waals surface area contributed by atoms with Crippen LogP contribution in [0, 0.1) is 0 Å². The summed E-state index contributed by atoms with van der Waals surface area (Å²) >= 11 is 0. The predicted molar refractivity (Wildman–Crippen MR) is 311 cm³/mol. The van der Waals surface area contributed by atoms with E-state index in [0.717, 1.165) is 109 Å². The van der Waals surface area contributed by atoms with Crippen molar-refractivity contribution < 1.29 is 28.6 Å². The minimum atomic E-state index is -0.784. The normalized spacial score (nSPS) is 12.5. The van der Waals surface area contributed by atoms with Crippen LogP contribution in [0.2, 0.25) is 0 Å². The molecule has 0 aliphatic heterocycles. The monoisotopic (exact) mass is 1000 g/mol. The van der Waals surface area contributed by atoms with Crippen LogP contribution in [0.1, 0.15) is 310 Å². The van der Waals surface area contributed by atoms with Crippen LogP contribution in [0.3, 0.4) is 0 Å². The van der Waals surface area contributed by atoms with Crippen molar-refractivity contribution in [3.05, 3.63) is 72.9 Å². The van der Waals surface area contributed by atoms with E-state index in [2.05, 4.69) is 93.7 Å². The average molecular weight is 1010 g/mol. The first-order valence-corrected chi connectivity index (χ1v) is 30.9. The van der Waals surface area contributed by atoms with Crippen LogP contribution in [-0.2, 0) is 28.6 Å². The first kappa shape index (κ1) is 68.8. The van der Waals surface area contributed by atoms with Gasteiger partial charge < -0.3 is 14.2 Å². The molecule has 1 unspecified atom stereocenters. The summed E-state index contributed by atoms with van der Waals surface area (Å²) < 4.78 is 16.9. The van der Waals surface area contributed by atoms with Crippen LogP contribution in [0.15, 0.2) is 72.9 Å². The quantitative estimate of drug-likeness (QED) is 0.0261. The number of carbonyl (C=O) groups is 3. The molecule has 0 aromatic carbocycles. The van der Waals surface area contributed by atoms with E-state index in [1.807, 2.05) is 0 Å². The van der Waals surface area contributed by atoms with Gasteiger partial charge in [0.05, 0.1) is 0 Å². The SMILES string of the molecule is CC/C=C\C/C=C\C/C=C\C/C=C\CCCCCCCCCCC(=O)OCC(COC(=O)CCCCCCC/C=C\C/C=C\CCCCCC)OC(=O)CCCCCCCCCCCCCCCCCCC. The molecule has 0 spiro atoms. The smallest absolute Gasteiger partial charge is 0.306 e. The number of hydrogen-bond donors (Lipinski definition) is 0. The minimum Gasteiger partial charge on any atom is -0.462 e. The van der Waals surface area contributed by atoms with Crippen molar-refractivity contribution in [3.63, 3.8) is 0 Å². The maximum atomic E-state index is 12.9. The highest BCUT2D eigenvalue weighted by atomic mass is 16.6. The number of ether oxygens (including phenoxy) is 3. The van der Waals surface area contributed by atoms with Crippen LogP contribution in [0.25, 0.3) is 0 Å². The first-order chi connectivity index (χ1) is 35.5. The summed E-state index contributed by atoms with van der Waals surface area (Å²) in [6.45, 7) is 6.53. The highest BCUT2D eigenvalue weighted by Gasteiger charge is 2.19. The Morgan fingerprint density at radius 2 is 0.542 bits per heavy atom. The highest BCUT2D eigenvalue weighted by molar-refractivity contribution is 5.71. The topological polar surface area (TPSA) is 78.9 Å². The zero-order valence-electron chi connectivity index (χ0n) is 47.7. The Labute approximate surface area is 446 Å². The minimum absolute atomic E-state index is 0.0818. The molecule has 0 heterocycles. The predicted octanol–water partition coefficient (Wildman–Crippen LogP) is 20.9. The van der Waals surface area contributed by atoms with Gasteiger partial charge in [0, 0.05) is 19.3 Å². The largest absolute Gasteiger partial charge is 0.462 e. The second kappa shape index (κ2) is 60.4. The summed E-state index contributed by atoms with van der Waals surface area (Å²) in [5.74, 6) is -0.887. The molecule has 0 aromatic heterocycles. The molecular formula is C66H116O6. The summed E-state index contributed by atoms with van der Waals surface area (Å²) in [7, 11) is 0. The molecule has 0 bridgehead atoms. The van der Waals surface area contributed by atoms with Crippen molar-refractivity contribution in [3.8, 4) is 0 Å². The second-order valence-electron chi connectivity index (χ2n) is 20.6. The van der Waals surface area contributed by atoms with Crippen LogP contribution in [-0.4, -0.2) is 37.2 Å². The van der Waals surface area contributed by atoms with Crippen molar-refractivity contribution in [1.82, 2.24) is 0 Å². The molecule has 0 saturated carbocycles. The average Bonchev–Trinajstić information content (AvgIpc) is 3.38. The second-order valence-corrected chi connectivity index (χ2v) is 20.6. The van der Waals surface area contributed by atoms with Crippen molar-refractivity contribution in [2.24, 2.45) is 0 Å². The molecule has 0 fully saturated rings. The van der Waals surface area contributed by atoms with Gasteiger partial charge in [0.2, 0.25) is 0 Å². The van der Waals surface area contributed by atoms with Gasteiger partial charge in [0.15, 0.2) is 6.10 Å². The molecule has 1 atom stereocenters. The van der Waals surface area contributed by atoms with E-state index in [4.69, 9.17) is 14.2 Å². The van der Waals surface area contributed by atoms with Gasteiger partial charge in [-0.3, -0.25) is 14.4 Å². The third kappa shape index (κ3) is 57.7. The van der Waals surface area contributed by atoms with Gasteiger partial charge in [-0.25, -0.2) is 0 Å². The Kier molecular flexibility index (Phi) is 57.8. The molecule has 6 nitrogen and oxygen atoms in total. The molecule has 416 valence electrons. The Hall–Kier alpha value is -3.15. The zero-order valence-corrected chi connectivity index (χ0v) is 47.7. The summed E-state index contributed by atoms with van der Waals surface area (Å²) in [5, 5.41) is 0. The lowest BCUT2D eigenvalue weighted by Crippen LogP contribution is -2.30. The van der Waals surface area contributed by atoms with E-state index in [1.54, 1.807) is 0 Å². The van der Waals surface area contributed by atoms with E-state index < -0.39 is 6.10 Å². The fourth-order valence-corrected chi connectivity index (χ4v) is 8.82. The van der Waals surface area contributed by atoms with Gasteiger partial charge >= 0.3 is 17.9 Å². The summed E-state index contributed by atoms with van der Waals surface area (Å²) in [4.78, 5) is 38.3. The van der Waals surface area contributed by atoms with Crippen molar-refractivity contribution in [2.75, 3.05) is 13.2 Å². The molecule has 0 rings (SSSR count). The maximum Gasteiger partial charge on any atom is 0.306 e. The first-order valence-electron chi connectivity index (χ1n) is 30.9. The van der Waals surface area contributed by atoms with E-state index in [1.165, 1.54) is 161 Å². The van der Waals surface area contributed by atoms with Crippen LogP contribution < -0.4 is 0 Å². The fraction of sp³-hybridized carbons (Fsp3) is 0.773. The number of hydrogen-bond acceptors (Lipinski definition) is 6. The van der Waals surface area contributed by atoms with Gasteiger partial charge in [0.1, 0.15) is 13.2 Å². The molecule has 0 amide bonds. The molecule has 72 heavy (non-hydrogen) atoms. The molecule has 0 aliphatic rings. The van der Waals surface area contributed by atoms with E-state index in [9.17, 15) is 14.4 Å². The van der Waals surface area contributed by atoms with Gasteiger partial charge in [0.25, 0.3) is 0 Å². The Morgan fingerprint density at radius 3 is 0.861 bits per heavy atom. The molecular weight excluding hydrogens is 889 g/mol. The molecule has 0 radical (unpaired) electrons. The number of allylic oxidation sites excluding steroid dienone is 12. The molecule has 0 aliphatic carbocycles. The third-order valence-corrected chi connectivity index (χ3v) is 13.4. The standard InChI is InChI=1S/C66H116O6/c1-4-7-10-13-16-19-22-25-28-31-32-33-34-36-38-41-44-47-50-53-56-59-65(68)71-62-63(61-70-64(67)58-55-52-49-46-43-40-37-30-27-24-21-18-15-12-9-6-3)72-66(69)60-57-54-51-48-45-42-39-35-29-26-23-20-17-14-11-8-5-2/h7,10,16,19,21,24-25,28,30,32-33,37,63H,4-6,8-9,11-15,17-18,20,22-23,26-27,29,31,34-36,38-62H2,1-3H3/b10-7-,19-16-,24-21-,28-25-,33-32-,37-30-. The molecule has 0 aromatic rings. The Morgan fingerprint density at radius 1 is 0.292 bits per heavy atom. The number of carbonyl (C=O) groups excluding carboxylic acids is 3. The lowest BCUT2D eigenvalue weighted by Gasteiger charge is -2.18. The number of rotatable bonds is 56. The van der Waals surface area contributed by atoms with Crippen molar-refractivity contribution in [2.45, 2.75) is 316 Å². The van der Waals surface area contributed by atoms with Gasteiger partial charge in [-0.15, -0.1) is 0 Å². The lowest BCUT2D eigenvalue weighted by molar-refractivity contribution is -0.167. The summed E-state index contributed by atoms with van der Waals surface area (Å²) in [6.07, 6.45) is 77.5. The number of esters is 3. The van der Waals surface area contributed by atoms with E-state index >= 15 is 0 Å². The van der Waals surface area contributed by atoms with Crippen LogP contribution in [0.4, 0.5) is 0 Å². The maximum absolute atomic E-state index is 12.9. The van der Waals surface area contributed by atoms with Crippen LogP contribution >= 0.6 is 0 Å². The summed E-state index contributed by atoms with van der Waals surface area (Å²) in [5.41, 5.74) is 0. The van der Waals surface area contributed by atoms with Crippen molar-refractivity contribution in [1.29, 1.82) is 0 Å². The molecule has 6 heteroatoms. The van der Waals surface area contributed by atoms with E-state index in [0.29, 0.717) is 19.3 Å². The summed E-state index contributed by atoms with van der Waals surface area (Å²) in [6, 6.07) is 0. The molecule has 0 N–H and O–H groups in total. The highest BCUT2D eigenvalue weighted by Crippen LogP contribution is 2.16. The molecule has 0 saturated heterocycles.